The number of methoxy groups -OCH3 is 1. The summed E-state index contributed by atoms with van der Waals surface area (Å²) in [5.41, 5.74) is 1.15. The van der Waals surface area contributed by atoms with Crippen molar-refractivity contribution in [2.45, 2.75) is 19.4 Å². The fourth-order valence-corrected chi connectivity index (χ4v) is 4.41. The Morgan fingerprint density at radius 3 is 2.83 bits per heavy atom. The van der Waals surface area contributed by atoms with Crippen LogP contribution in [0.25, 0.3) is 10.2 Å². The zero-order valence-corrected chi connectivity index (χ0v) is 16.5. The molecule has 0 fully saturated rings. The van der Waals surface area contributed by atoms with Crippen LogP contribution in [0.2, 0.25) is 0 Å². The minimum absolute atomic E-state index is 0.0242. The molecule has 1 amide bonds. The number of hydrogen-bond donors (Lipinski definition) is 1. The van der Waals surface area contributed by atoms with Crippen LogP contribution < -0.4 is 9.64 Å². The number of Topliss-reactive ketones (excluding diaryl/α,β-unsaturated/α-hetero) is 1. The molecule has 0 bridgehead atoms. The van der Waals surface area contributed by atoms with Crippen LogP contribution in [-0.2, 0) is 9.59 Å². The van der Waals surface area contributed by atoms with E-state index in [4.69, 9.17) is 4.74 Å². The van der Waals surface area contributed by atoms with Crippen molar-refractivity contribution in [2.24, 2.45) is 0 Å². The molecule has 0 saturated carbocycles. The Bertz CT molecular complexity index is 1170. The number of aromatic nitrogens is 1. The topological polar surface area (TPSA) is 79.7 Å². The minimum atomic E-state index is -0.851. The van der Waals surface area contributed by atoms with Gasteiger partial charge in [-0.15, -0.1) is 0 Å². The maximum atomic E-state index is 13.6. The Labute approximate surface area is 169 Å². The van der Waals surface area contributed by atoms with Crippen molar-refractivity contribution in [3.8, 4) is 5.75 Å². The Balaban J connectivity index is 1.90. The highest BCUT2D eigenvalue weighted by atomic mass is 32.1. The normalized spacial score (nSPS) is 16.7. The summed E-state index contributed by atoms with van der Waals surface area (Å²) in [6.07, 6.45) is 0.131. The number of rotatable bonds is 5. The number of benzene rings is 2. The molecule has 6 nitrogen and oxygen atoms in total. The quantitative estimate of drug-likeness (QED) is 0.675. The lowest BCUT2D eigenvalue weighted by atomic mass is 9.95. The Kier molecular flexibility index (Phi) is 4.79. The van der Waals surface area contributed by atoms with E-state index < -0.39 is 23.5 Å². The lowest BCUT2D eigenvalue weighted by Crippen LogP contribution is -2.30. The molecule has 1 aliphatic rings. The van der Waals surface area contributed by atoms with Crippen molar-refractivity contribution in [1.82, 2.24) is 4.98 Å². The SMILES string of the molecule is CCC(=O)C1=C(O)C(=O)N(c2nc3ccc(F)cc3s2)C1c1cccc(OC)c1. The number of amides is 1. The highest BCUT2D eigenvalue weighted by Crippen LogP contribution is 2.44. The van der Waals surface area contributed by atoms with Crippen LogP contribution in [0, 0.1) is 5.82 Å². The van der Waals surface area contributed by atoms with Gasteiger partial charge < -0.3 is 9.84 Å². The van der Waals surface area contributed by atoms with Gasteiger partial charge in [0, 0.05) is 6.42 Å². The summed E-state index contributed by atoms with van der Waals surface area (Å²) in [5.74, 6) is -1.49. The number of carbonyl (C=O) groups excluding carboxylic acids is 2. The molecule has 8 heteroatoms. The number of aliphatic hydroxyl groups excluding tert-OH is 1. The monoisotopic (exact) mass is 412 g/mol. The van der Waals surface area contributed by atoms with E-state index >= 15 is 0 Å². The predicted molar refractivity (Wildman–Crippen MR) is 108 cm³/mol. The molecule has 1 aromatic heterocycles. The van der Waals surface area contributed by atoms with Gasteiger partial charge in [0.05, 0.1) is 28.9 Å². The van der Waals surface area contributed by atoms with Gasteiger partial charge in [0.1, 0.15) is 11.6 Å². The molecule has 2 heterocycles. The highest BCUT2D eigenvalue weighted by molar-refractivity contribution is 7.22. The maximum absolute atomic E-state index is 13.6. The number of thiazole rings is 1. The molecule has 2 aromatic carbocycles. The summed E-state index contributed by atoms with van der Waals surface area (Å²) < 4.78 is 19.4. The van der Waals surface area contributed by atoms with Crippen molar-refractivity contribution >= 4 is 38.4 Å². The number of carbonyl (C=O) groups is 2. The van der Waals surface area contributed by atoms with E-state index in [0.717, 1.165) is 11.3 Å². The lowest BCUT2D eigenvalue weighted by molar-refractivity contribution is -0.118. The molecule has 1 N–H and O–H groups in total. The van der Waals surface area contributed by atoms with Gasteiger partial charge in [0.15, 0.2) is 16.7 Å². The van der Waals surface area contributed by atoms with Crippen LogP contribution >= 0.6 is 11.3 Å². The van der Waals surface area contributed by atoms with E-state index in [9.17, 15) is 19.1 Å². The number of ketones is 1. The predicted octanol–water partition coefficient (Wildman–Crippen LogP) is 4.32. The van der Waals surface area contributed by atoms with Gasteiger partial charge in [-0.3, -0.25) is 14.5 Å². The number of anilines is 1. The molecule has 29 heavy (non-hydrogen) atoms. The third kappa shape index (κ3) is 3.15. The van der Waals surface area contributed by atoms with Crippen LogP contribution in [0.15, 0.2) is 53.8 Å². The number of ether oxygens (including phenoxy) is 1. The van der Waals surface area contributed by atoms with Crippen LogP contribution in [0.3, 0.4) is 0 Å². The Hall–Kier alpha value is -3.26. The largest absolute Gasteiger partial charge is 0.503 e. The van der Waals surface area contributed by atoms with Crippen molar-refractivity contribution in [2.75, 3.05) is 12.0 Å². The van der Waals surface area contributed by atoms with Gasteiger partial charge in [-0.25, -0.2) is 9.37 Å². The number of halogens is 1. The molecular weight excluding hydrogens is 395 g/mol. The molecule has 1 atom stereocenters. The first kappa shape index (κ1) is 19.1. The van der Waals surface area contributed by atoms with Crippen LogP contribution in [0.4, 0.5) is 9.52 Å². The average Bonchev–Trinajstić information content (AvgIpc) is 3.25. The highest BCUT2D eigenvalue weighted by Gasteiger charge is 2.45. The van der Waals surface area contributed by atoms with Gasteiger partial charge in [-0.1, -0.05) is 30.4 Å². The van der Waals surface area contributed by atoms with E-state index in [2.05, 4.69) is 4.98 Å². The van der Waals surface area contributed by atoms with E-state index in [-0.39, 0.29) is 22.9 Å². The molecule has 0 aliphatic carbocycles. The van der Waals surface area contributed by atoms with Gasteiger partial charge in [0.25, 0.3) is 5.91 Å². The van der Waals surface area contributed by atoms with Gasteiger partial charge in [-0.05, 0) is 35.9 Å². The van der Waals surface area contributed by atoms with Crippen LogP contribution in [-0.4, -0.2) is 28.9 Å². The Morgan fingerprint density at radius 2 is 2.10 bits per heavy atom. The lowest BCUT2D eigenvalue weighted by Gasteiger charge is -2.24. The molecule has 0 saturated heterocycles. The molecule has 3 aromatic rings. The fraction of sp³-hybridized carbons (Fsp3) is 0.190. The van der Waals surface area contributed by atoms with E-state index in [1.165, 1.54) is 30.2 Å². The van der Waals surface area contributed by atoms with Crippen LogP contribution in [0.5, 0.6) is 5.75 Å². The second-order valence-electron chi connectivity index (χ2n) is 6.50. The minimum Gasteiger partial charge on any atom is -0.503 e. The van der Waals surface area contributed by atoms with E-state index in [0.29, 0.717) is 21.5 Å². The van der Waals surface area contributed by atoms with Crippen molar-refractivity contribution in [1.29, 1.82) is 0 Å². The average molecular weight is 412 g/mol. The third-order valence-corrected chi connectivity index (χ3v) is 5.80. The van der Waals surface area contributed by atoms with Crippen molar-refractivity contribution < 1.29 is 23.8 Å². The number of aliphatic hydroxyl groups is 1. The Morgan fingerprint density at radius 1 is 1.31 bits per heavy atom. The first-order valence-electron chi connectivity index (χ1n) is 8.94. The number of nitrogens with zero attached hydrogens (tertiary/aromatic N) is 2. The van der Waals surface area contributed by atoms with Crippen molar-refractivity contribution in [3.05, 3.63) is 65.2 Å². The molecule has 148 valence electrons. The molecule has 0 radical (unpaired) electrons. The van der Waals surface area contributed by atoms with Gasteiger partial charge in [-0.2, -0.15) is 0 Å². The zero-order chi connectivity index (χ0) is 20.7. The smallest absolute Gasteiger partial charge is 0.296 e. The molecule has 4 rings (SSSR count). The summed E-state index contributed by atoms with van der Waals surface area (Å²) in [4.78, 5) is 31.3. The number of fused-ring (bicyclic) bond motifs is 1. The van der Waals surface area contributed by atoms with Gasteiger partial charge in [0.2, 0.25) is 0 Å². The second kappa shape index (κ2) is 7.29. The fourth-order valence-electron chi connectivity index (χ4n) is 3.39. The van der Waals surface area contributed by atoms with E-state index in [1.54, 1.807) is 31.2 Å². The summed E-state index contributed by atoms with van der Waals surface area (Å²) >= 11 is 1.12. The second-order valence-corrected chi connectivity index (χ2v) is 7.51. The first-order chi connectivity index (χ1) is 13.9. The third-order valence-electron chi connectivity index (χ3n) is 4.78. The maximum Gasteiger partial charge on any atom is 0.296 e. The summed E-state index contributed by atoms with van der Waals surface area (Å²) in [5, 5.41) is 10.8. The summed E-state index contributed by atoms with van der Waals surface area (Å²) in [6.45, 7) is 1.67. The molecule has 0 spiro atoms. The standard InChI is InChI=1S/C21H17FN2O4S/c1-3-15(25)17-18(11-5-4-6-13(9-11)28-2)24(20(27)19(17)26)21-23-14-8-7-12(22)10-16(14)29-21/h4-10,18,26H,3H2,1-2H3. The summed E-state index contributed by atoms with van der Waals surface area (Å²) in [6, 6.07) is 10.3. The molecular formula is C21H17FN2O4S. The van der Waals surface area contributed by atoms with Gasteiger partial charge >= 0.3 is 0 Å². The zero-order valence-electron chi connectivity index (χ0n) is 15.7. The molecule has 1 unspecified atom stereocenters. The van der Waals surface area contributed by atoms with E-state index in [1.807, 2.05) is 0 Å². The number of hydrogen-bond acceptors (Lipinski definition) is 6. The molecule has 1 aliphatic heterocycles. The first-order valence-corrected chi connectivity index (χ1v) is 9.76. The van der Waals surface area contributed by atoms with Crippen molar-refractivity contribution in [3.63, 3.8) is 0 Å². The van der Waals surface area contributed by atoms with Crippen LogP contribution in [0.1, 0.15) is 24.9 Å². The summed E-state index contributed by atoms with van der Waals surface area (Å²) in [7, 11) is 1.52.